The Labute approximate surface area is 265 Å². The zero-order valence-electron chi connectivity index (χ0n) is 23.9. The zero-order chi connectivity index (χ0) is 32.1. The summed E-state index contributed by atoms with van der Waals surface area (Å²) in [4.78, 5) is 6.18. The highest BCUT2D eigenvalue weighted by atomic mass is 32.2. The van der Waals surface area contributed by atoms with Crippen molar-refractivity contribution in [2.45, 2.75) is 15.8 Å². The van der Waals surface area contributed by atoms with Crippen LogP contribution < -0.4 is 15.5 Å². The number of hydrogen-bond donors (Lipinski definition) is 4. The van der Waals surface area contributed by atoms with Gasteiger partial charge in [0, 0.05) is 33.9 Å². The van der Waals surface area contributed by atoms with Crippen molar-refractivity contribution in [2.24, 2.45) is 4.99 Å². The smallest absolute Gasteiger partial charge is 0.296 e. The summed E-state index contributed by atoms with van der Waals surface area (Å²) in [5.41, 5.74) is 4.45. The molecule has 12 heteroatoms. The van der Waals surface area contributed by atoms with Crippen molar-refractivity contribution < 1.29 is 25.9 Å². The lowest BCUT2D eigenvalue weighted by atomic mass is 9.86. The monoisotopic (exact) mass is 650 g/mol. The molecule has 0 amide bonds. The molecule has 1 unspecified atom stereocenters. The number of nitrogens with one attached hydrogen (secondary N) is 2. The van der Waals surface area contributed by atoms with Crippen LogP contribution in [0.3, 0.4) is 0 Å². The van der Waals surface area contributed by atoms with Gasteiger partial charge in [0.15, 0.2) is 0 Å². The summed E-state index contributed by atoms with van der Waals surface area (Å²) in [6.45, 7) is 0. The Bertz CT molecular complexity index is 2260. The standard InChI is InChI=1S/C34H26N4O6S2/c39-45(40,41)31-18-10-17-25-33(31)28(36-23-13-6-2-7-14-23)20-30-34(25)37-26-21-32(46(42,43)44)27(35-22-11-4-1-5-12-22)19-29(26)38(30)24-15-8-3-9-16-24/h1-21,30,35-36H,(H,39,40,41)(H,42,43,44). The maximum atomic E-state index is 12.7. The van der Waals surface area contributed by atoms with Crippen LogP contribution in [0.5, 0.6) is 0 Å². The molecule has 230 valence electrons. The third kappa shape index (κ3) is 5.43. The van der Waals surface area contributed by atoms with Gasteiger partial charge in [-0.05, 0) is 60.7 Å². The van der Waals surface area contributed by atoms with E-state index < -0.39 is 26.3 Å². The second-order valence-electron chi connectivity index (χ2n) is 10.7. The lowest BCUT2D eigenvalue weighted by Gasteiger charge is -2.40. The van der Waals surface area contributed by atoms with Crippen LogP contribution in [-0.2, 0) is 20.2 Å². The molecule has 5 aromatic carbocycles. The third-order valence-corrected chi connectivity index (χ3v) is 9.52. The first kappa shape index (κ1) is 29.4. The van der Waals surface area contributed by atoms with Gasteiger partial charge in [0.1, 0.15) is 9.79 Å². The van der Waals surface area contributed by atoms with Gasteiger partial charge in [-0.2, -0.15) is 16.8 Å². The molecule has 0 fully saturated rings. The molecule has 0 aromatic heterocycles. The number of aliphatic imine (C=N–C) groups is 1. The molecular weight excluding hydrogens is 625 g/mol. The molecule has 1 heterocycles. The van der Waals surface area contributed by atoms with Gasteiger partial charge >= 0.3 is 0 Å². The van der Waals surface area contributed by atoms with Crippen molar-refractivity contribution in [3.05, 3.63) is 139 Å². The number of nitrogens with zero attached hydrogens (tertiary/aromatic N) is 2. The van der Waals surface area contributed by atoms with Gasteiger partial charge < -0.3 is 15.5 Å². The highest BCUT2D eigenvalue weighted by molar-refractivity contribution is 7.86. The molecule has 10 nitrogen and oxygen atoms in total. The molecule has 1 aliphatic carbocycles. The van der Waals surface area contributed by atoms with E-state index in [1.54, 1.807) is 36.4 Å². The molecule has 0 bridgehead atoms. The minimum Gasteiger partial charge on any atom is -0.355 e. The Balaban J connectivity index is 1.52. The van der Waals surface area contributed by atoms with E-state index in [-0.39, 0.29) is 26.7 Å². The van der Waals surface area contributed by atoms with Crippen LogP contribution in [0, 0.1) is 0 Å². The highest BCUT2D eigenvalue weighted by Gasteiger charge is 2.39. The van der Waals surface area contributed by atoms with Crippen LogP contribution in [0.15, 0.2) is 142 Å². The van der Waals surface area contributed by atoms with Crippen LogP contribution in [-0.4, -0.2) is 37.7 Å². The average molecular weight is 651 g/mol. The molecule has 1 atom stereocenters. The Hall–Kier alpha value is -5.27. The lowest BCUT2D eigenvalue weighted by Crippen LogP contribution is -2.42. The van der Waals surface area contributed by atoms with E-state index in [9.17, 15) is 25.9 Å². The molecule has 7 rings (SSSR count). The molecule has 4 N–H and O–H groups in total. The zero-order valence-corrected chi connectivity index (χ0v) is 25.6. The average Bonchev–Trinajstić information content (AvgIpc) is 3.04. The van der Waals surface area contributed by atoms with Crippen LogP contribution in [0.2, 0.25) is 0 Å². The second-order valence-corrected chi connectivity index (χ2v) is 13.5. The quantitative estimate of drug-likeness (QED) is 0.136. The first-order valence-electron chi connectivity index (χ1n) is 14.1. The van der Waals surface area contributed by atoms with Gasteiger partial charge in [-0.25, -0.2) is 4.99 Å². The Morgan fingerprint density at radius 1 is 0.652 bits per heavy atom. The SMILES string of the molecule is O=S(=O)(O)c1cc2c(cc1Nc1ccccc1)N(c1ccccc1)C1C=C(Nc3ccccc3)c3c(cccc3S(=O)(=O)O)C1=N2. The van der Waals surface area contributed by atoms with Crippen molar-refractivity contribution in [2.75, 3.05) is 15.5 Å². The number of benzene rings is 5. The van der Waals surface area contributed by atoms with Gasteiger partial charge in [-0.3, -0.25) is 9.11 Å². The van der Waals surface area contributed by atoms with E-state index in [0.29, 0.717) is 34.0 Å². The van der Waals surface area contributed by atoms with Gasteiger partial charge in [0.25, 0.3) is 20.2 Å². The first-order valence-corrected chi connectivity index (χ1v) is 17.0. The van der Waals surface area contributed by atoms with Crippen LogP contribution in [0.4, 0.5) is 34.1 Å². The predicted octanol–water partition coefficient (Wildman–Crippen LogP) is 7.03. The van der Waals surface area contributed by atoms with Gasteiger partial charge in [-0.1, -0.05) is 66.7 Å². The second kappa shape index (κ2) is 11.3. The Kier molecular flexibility index (Phi) is 7.21. The van der Waals surface area contributed by atoms with Crippen molar-refractivity contribution in [3.63, 3.8) is 0 Å². The fraction of sp³-hybridized carbons (Fsp3) is 0.0294. The first-order chi connectivity index (χ1) is 22.1. The van der Waals surface area contributed by atoms with E-state index in [0.717, 1.165) is 5.69 Å². The van der Waals surface area contributed by atoms with E-state index in [1.165, 1.54) is 18.2 Å². The number of anilines is 5. The van der Waals surface area contributed by atoms with E-state index in [4.69, 9.17) is 4.99 Å². The minimum atomic E-state index is -4.71. The summed E-state index contributed by atoms with van der Waals surface area (Å²) in [6, 6.07) is 34.5. The lowest BCUT2D eigenvalue weighted by molar-refractivity contribution is 0.481. The topological polar surface area (TPSA) is 148 Å². The molecule has 5 aromatic rings. The summed E-state index contributed by atoms with van der Waals surface area (Å²) in [7, 11) is -9.38. The van der Waals surface area contributed by atoms with E-state index in [1.807, 2.05) is 77.7 Å². The van der Waals surface area contributed by atoms with Crippen molar-refractivity contribution in [1.82, 2.24) is 0 Å². The van der Waals surface area contributed by atoms with Crippen LogP contribution >= 0.6 is 0 Å². The van der Waals surface area contributed by atoms with Crippen molar-refractivity contribution in [3.8, 4) is 0 Å². The molecule has 2 aliphatic rings. The summed E-state index contributed by atoms with van der Waals surface area (Å²) >= 11 is 0. The number of hydrogen-bond acceptors (Lipinski definition) is 8. The maximum Gasteiger partial charge on any atom is 0.296 e. The summed E-state index contributed by atoms with van der Waals surface area (Å²) in [5, 5.41) is 6.45. The predicted molar refractivity (Wildman–Crippen MR) is 179 cm³/mol. The van der Waals surface area contributed by atoms with Crippen molar-refractivity contribution in [1.29, 1.82) is 0 Å². The number of rotatable bonds is 7. The molecule has 46 heavy (non-hydrogen) atoms. The third-order valence-electron chi connectivity index (χ3n) is 7.73. The van der Waals surface area contributed by atoms with Crippen LogP contribution in [0.25, 0.3) is 5.70 Å². The Morgan fingerprint density at radius 2 is 1.24 bits per heavy atom. The summed E-state index contributed by atoms with van der Waals surface area (Å²) < 4.78 is 71.2. The largest absolute Gasteiger partial charge is 0.355 e. The molecule has 0 saturated heterocycles. The fourth-order valence-electron chi connectivity index (χ4n) is 5.82. The van der Waals surface area contributed by atoms with Gasteiger partial charge in [-0.15, -0.1) is 0 Å². The normalized spacial score (nSPS) is 15.5. The van der Waals surface area contributed by atoms with Crippen molar-refractivity contribution >= 4 is 65.8 Å². The molecule has 0 saturated carbocycles. The summed E-state index contributed by atoms with van der Waals surface area (Å²) in [6.07, 6.45) is 1.83. The molecule has 1 aliphatic heterocycles. The fourth-order valence-corrected chi connectivity index (χ4v) is 7.19. The van der Waals surface area contributed by atoms with E-state index in [2.05, 4.69) is 10.6 Å². The number of fused-ring (bicyclic) bond motifs is 4. The maximum absolute atomic E-state index is 12.7. The minimum absolute atomic E-state index is 0.142. The molecule has 0 spiro atoms. The molecule has 0 radical (unpaired) electrons. The van der Waals surface area contributed by atoms with Crippen LogP contribution in [0.1, 0.15) is 11.1 Å². The highest BCUT2D eigenvalue weighted by Crippen LogP contribution is 2.48. The van der Waals surface area contributed by atoms with Gasteiger partial charge in [0.05, 0.1) is 28.8 Å². The molecular formula is C34H26N4O6S2. The van der Waals surface area contributed by atoms with E-state index >= 15 is 0 Å². The van der Waals surface area contributed by atoms with Gasteiger partial charge in [0.2, 0.25) is 0 Å². The Morgan fingerprint density at radius 3 is 1.85 bits per heavy atom. The summed E-state index contributed by atoms with van der Waals surface area (Å²) in [5.74, 6) is 0. The number of para-hydroxylation sites is 3.